The minimum atomic E-state index is -4.36. The molecule has 29 heavy (non-hydrogen) atoms. The molecule has 1 saturated carbocycles. The van der Waals surface area contributed by atoms with Crippen LogP contribution in [0.25, 0.3) is 10.8 Å². The van der Waals surface area contributed by atoms with E-state index in [1.54, 1.807) is 24.3 Å². The Balaban J connectivity index is 1.40. The Bertz CT molecular complexity index is 1120. The van der Waals surface area contributed by atoms with Crippen LogP contribution in [0.1, 0.15) is 24.0 Å². The minimum Gasteiger partial charge on any atom is -0.337 e. The second kappa shape index (κ2) is 6.95. The first-order valence-electron chi connectivity index (χ1n) is 9.11. The Kier molecular flexibility index (Phi) is 4.56. The molecule has 0 aliphatic heterocycles. The van der Waals surface area contributed by atoms with Crippen LogP contribution in [0.5, 0.6) is 0 Å². The van der Waals surface area contributed by atoms with Crippen molar-refractivity contribution >= 4 is 22.5 Å². The molecule has 150 valence electrons. The van der Waals surface area contributed by atoms with Gasteiger partial charge in [-0.1, -0.05) is 12.1 Å². The summed E-state index contributed by atoms with van der Waals surface area (Å²) < 4.78 is 38.2. The number of hydrogen-bond donors (Lipinski definition) is 3. The average molecular weight is 401 g/mol. The Morgan fingerprint density at radius 2 is 1.79 bits per heavy atom. The van der Waals surface area contributed by atoms with Gasteiger partial charge in [-0.15, -0.1) is 0 Å². The molecule has 0 atom stereocenters. The number of H-pyrrole nitrogens is 1. The molecule has 8 heteroatoms. The lowest BCUT2D eigenvalue weighted by molar-refractivity contribution is -0.137. The largest absolute Gasteiger partial charge is 0.416 e. The highest BCUT2D eigenvalue weighted by Crippen LogP contribution is 2.48. The highest BCUT2D eigenvalue weighted by molar-refractivity contribution is 5.93. The standard InChI is InChI=1S/C21H18F3N3O2/c22-21(23,24)15-3-1-14(2-4-15)20(8-9-20)12-26-19(29)27-16-5-6-17-13(11-16)7-10-25-18(17)28/h1-7,10-11H,8-9,12H2,(H,25,28)(H2,26,27,29). The van der Waals surface area contributed by atoms with Crippen LogP contribution >= 0.6 is 0 Å². The Hall–Kier alpha value is -3.29. The zero-order valence-corrected chi connectivity index (χ0v) is 15.3. The topological polar surface area (TPSA) is 74.0 Å². The number of carbonyl (C=O) groups is 1. The highest BCUT2D eigenvalue weighted by atomic mass is 19.4. The quantitative estimate of drug-likeness (QED) is 0.606. The van der Waals surface area contributed by atoms with Gasteiger partial charge in [0.05, 0.1) is 5.56 Å². The fraction of sp³-hybridized carbons (Fsp3) is 0.238. The molecular formula is C21H18F3N3O2. The van der Waals surface area contributed by atoms with Gasteiger partial charge < -0.3 is 15.6 Å². The summed E-state index contributed by atoms with van der Waals surface area (Å²) in [7, 11) is 0. The summed E-state index contributed by atoms with van der Waals surface area (Å²) in [5.41, 5.74) is 0.123. The monoisotopic (exact) mass is 401 g/mol. The molecule has 1 aliphatic rings. The molecule has 3 N–H and O–H groups in total. The summed E-state index contributed by atoms with van der Waals surface area (Å²) >= 11 is 0. The van der Waals surface area contributed by atoms with Gasteiger partial charge in [-0.05, 0) is 60.2 Å². The number of alkyl halides is 3. The van der Waals surface area contributed by atoms with Crippen LogP contribution in [-0.2, 0) is 11.6 Å². The summed E-state index contributed by atoms with van der Waals surface area (Å²) in [6.45, 7) is 0.331. The Labute approximate surface area is 163 Å². The third kappa shape index (κ3) is 3.96. The van der Waals surface area contributed by atoms with E-state index in [1.807, 2.05) is 0 Å². The zero-order chi connectivity index (χ0) is 20.6. The summed E-state index contributed by atoms with van der Waals surface area (Å²) in [5, 5.41) is 6.75. The van der Waals surface area contributed by atoms with Crippen LogP contribution in [0.15, 0.2) is 59.5 Å². The van der Waals surface area contributed by atoms with Crippen LogP contribution in [0.3, 0.4) is 0 Å². The van der Waals surface area contributed by atoms with E-state index in [2.05, 4.69) is 15.6 Å². The normalized spacial score (nSPS) is 15.1. The van der Waals surface area contributed by atoms with Crippen LogP contribution in [0.2, 0.25) is 0 Å². The maximum absolute atomic E-state index is 12.7. The molecule has 3 aromatic rings. The SMILES string of the molecule is O=C(NCC1(c2ccc(C(F)(F)F)cc2)CC1)Nc1ccc2c(=O)[nH]ccc2c1. The van der Waals surface area contributed by atoms with E-state index in [0.717, 1.165) is 30.5 Å². The molecule has 0 spiro atoms. The first kappa shape index (κ1) is 19.0. The number of anilines is 1. The van der Waals surface area contributed by atoms with Gasteiger partial charge in [0, 0.05) is 29.2 Å². The lowest BCUT2D eigenvalue weighted by Crippen LogP contribution is -2.35. The molecule has 0 radical (unpaired) electrons. The number of rotatable bonds is 4. The Morgan fingerprint density at radius 3 is 2.45 bits per heavy atom. The molecule has 2 amide bonds. The number of urea groups is 1. The number of carbonyl (C=O) groups excluding carboxylic acids is 1. The minimum absolute atomic E-state index is 0.203. The zero-order valence-electron chi connectivity index (χ0n) is 15.3. The number of hydrogen-bond acceptors (Lipinski definition) is 2. The van der Waals surface area contributed by atoms with Gasteiger partial charge in [-0.25, -0.2) is 4.79 Å². The van der Waals surface area contributed by atoms with Crippen molar-refractivity contribution in [3.63, 3.8) is 0 Å². The van der Waals surface area contributed by atoms with Crippen molar-refractivity contribution in [2.45, 2.75) is 24.4 Å². The molecule has 2 aromatic carbocycles. The fourth-order valence-corrected chi connectivity index (χ4v) is 3.43. The molecule has 4 rings (SSSR count). The third-order valence-electron chi connectivity index (χ3n) is 5.30. The van der Waals surface area contributed by atoms with Crippen molar-refractivity contribution in [3.8, 4) is 0 Å². The number of benzene rings is 2. The molecule has 0 saturated heterocycles. The van der Waals surface area contributed by atoms with E-state index < -0.39 is 17.8 Å². The summed E-state index contributed by atoms with van der Waals surface area (Å²) in [5.74, 6) is 0. The highest BCUT2D eigenvalue weighted by Gasteiger charge is 2.44. The molecule has 1 fully saturated rings. The Morgan fingerprint density at radius 1 is 1.07 bits per heavy atom. The van der Waals surface area contributed by atoms with Crippen LogP contribution < -0.4 is 16.2 Å². The van der Waals surface area contributed by atoms with Crippen molar-refractivity contribution in [1.82, 2.24) is 10.3 Å². The van der Waals surface area contributed by atoms with Crippen molar-refractivity contribution in [2.24, 2.45) is 0 Å². The average Bonchev–Trinajstić information content (AvgIpc) is 3.47. The number of aromatic nitrogens is 1. The molecule has 0 bridgehead atoms. The predicted octanol–water partition coefficient (Wildman–Crippen LogP) is 4.40. The first-order chi connectivity index (χ1) is 13.8. The second-order valence-corrected chi connectivity index (χ2v) is 7.27. The van der Waals surface area contributed by atoms with Crippen LogP contribution in [0, 0.1) is 0 Å². The van der Waals surface area contributed by atoms with Gasteiger partial charge in [0.25, 0.3) is 5.56 Å². The van der Waals surface area contributed by atoms with E-state index in [0.29, 0.717) is 23.0 Å². The number of fused-ring (bicyclic) bond motifs is 1. The van der Waals surface area contributed by atoms with Crippen molar-refractivity contribution in [1.29, 1.82) is 0 Å². The van der Waals surface area contributed by atoms with Gasteiger partial charge in [-0.2, -0.15) is 13.2 Å². The van der Waals surface area contributed by atoms with Crippen molar-refractivity contribution < 1.29 is 18.0 Å². The number of halogens is 3. The molecular weight excluding hydrogens is 383 g/mol. The van der Waals surface area contributed by atoms with E-state index in [4.69, 9.17) is 0 Å². The van der Waals surface area contributed by atoms with E-state index in [9.17, 15) is 22.8 Å². The maximum atomic E-state index is 12.7. The molecule has 1 aliphatic carbocycles. The molecule has 1 heterocycles. The maximum Gasteiger partial charge on any atom is 0.416 e. The number of nitrogens with one attached hydrogen (secondary N) is 3. The van der Waals surface area contributed by atoms with E-state index in [-0.39, 0.29) is 11.0 Å². The predicted molar refractivity (Wildman–Crippen MR) is 104 cm³/mol. The number of aromatic amines is 1. The summed E-state index contributed by atoms with van der Waals surface area (Å²) in [4.78, 5) is 26.6. The van der Waals surface area contributed by atoms with Crippen LogP contribution in [-0.4, -0.2) is 17.6 Å². The van der Waals surface area contributed by atoms with E-state index >= 15 is 0 Å². The van der Waals surface area contributed by atoms with E-state index in [1.165, 1.54) is 18.3 Å². The van der Waals surface area contributed by atoms with Gasteiger partial charge in [-0.3, -0.25) is 4.79 Å². The number of amides is 2. The smallest absolute Gasteiger partial charge is 0.337 e. The molecule has 0 unspecified atom stereocenters. The summed E-state index contributed by atoms with van der Waals surface area (Å²) in [6, 6.07) is 11.4. The van der Waals surface area contributed by atoms with Gasteiger partial charge in [0.2, 0.25) is 0 Å². The van der Waals surface area contributed by atoms with Crippen molar-refractivity contribution in [3.05, 3.63) is 76.2 Å². The second-order valence-electron chi connectivity index (χ2n) is 7.27. The fourth-order valence-electron chi connectivity index (χ4n) is 3.43. The van der Waals surface area contributed by atoms with Gasteiger partial charge in [0.15, 0.2) is 0 Å². The van der Waals surface area contributed by atoms with Crippen molar-refractivity contribution in [2.75, 3.05) is 11.9 Å². The molecule has 5 nitrogen and oxygen atoms in total. The number of pyridine rings is 1. The third-order valence-corrected chi connectivity index (χ3v) is 5.30. The molecule has 1 aromatic heterocycles. The lowest BCUT2D eigenvalue weighted by Gasteiger charge is -2.18. The van der Waals surface area contributed by atoms with Gasteiger partial charge in [0.1, 0.15) is 0 Å². The van der Waals surface area contributed by atoms with Crippen LogP contribution in [0.4, 0.5) is 23.7 Å². The summed E-state index contributed by atoms with van der Waals surface area (Å²) in [6.07, 6.45) is -1.22. The van der Waals surface area contributed by atoms with Gasteiger partial charge >= 0.3 is 12.2 Å². The first-order valence-corrected chi connectivity index (χ1v) is 9.11. The lowest BCUT2D eigenvalue weighted by atomic mass is 9.95.